The highest BCUT2D eigenvalue weighted by Crippen LogP contribution is 2.68. The summed E-state index contributed by atoms with van der Waals surface area (Å²) in [5.41, 5.74) is 0.745. The van der Waals surface area contributed by atoms with E-state index in [9.17, 15) is 15.0 Å². The average Bonchev–Trinajstić information content (AvgIpc) is 3.02. The lowest BCUT2D eigenvalue weighted by Gasteiger charge is -2.51. The lowest BCUT2D eigenvalue weighted by molar-refractivity contribution is -0.146. The highest BCUT2D eigenvalue weighted by atomic mass is 16.6. The van der Waals surface area contributed by atoms with Gasteiger partial charge in [0.05, 0.1) is 6.10 Å². The lowest BCUT2D eigenvalue weighted by Crippen LogP contribution is -2.62. The molecule has 1 aromatic carbocycles. The highest BCUT2D eigenvalue weighted by Gasteiger charge is 2.69. The molecule has 1 spiro atoms. The Bertz CT molecular complexity index is 691. The molecule has 3 aliphatic rings. The molecule has 2 saturated carbocycles. The van der Waals surface area contributed by atoms with Gasteiger partial charge in [-0.05, 0) is 36.2 Å². The van der Waals surface area contributed by atoms with Crippen molar-refractivity contribution in [2.75, 3.05) is 6.61 Å². The minimum absolute atomic E-state index is 0.0158. The van der Waals surface area contributed by atoms with Crippen molar-refractivity contribution in [3.63, 3.8) is 0 Å². The first-order valence-electron chi connectivity index (χ1n) is 9.66. The Morgan fingerprint density at radius 1 is 1.23 bits per heavy atom. The number of ether oxygens (including phenoxy) is 1. The van der Waals surface area contributed by atoms with E-state index in [1.807, 2.05) is 30.3 Å². The normalized spacial score (nSPS) is 35.6. The van der Waals surface area contributed by atoms with Crippen molar-refractivity contribution >= 4 is 6.09 Å². The predicted octanol–water partition coefficient (Wildman–Crippen LogP) is 3.32. The molecular formula is C21H29NO4. The second kappa shape index (κ2) is 5.96. The first-order chi connectivity index (χ1) is 12.3. The second-order valence-corrected chi connectivity index (χ2v) is 8.96. The van der Waals surface area contributed by atoms with E-state index in [1.54, 1.807) is 6.92 Å². The molecular weight excluding hydrogens is 330 g/mol. The lowest BCUT2D eigenvalue weighted by atomic mass is 9.67. The van der Waals surface area contributed by atoms with E-state index >= 15 is 0 Å². The van der Waals surface area contributed by atoms with Crippen molar-refractivity contribution < 1.29 is 19.7 Å². The molecule has 1 aliphatic heterocycles. The summed E-state index contributed by atoms with van der Waals surface area (Å²) in [6, 6.07) is 9.27. The fourth-order valence-electron chi connectivity index (χ4n) is 5.81. The molecule has 26 heavy (non-hydrogen) atoms. The Morgan fingerprint density at radius 3 is 2.58 bits per heavy atom. The highest BCUT2D eigenvalue weighted by molar-refractivity contribution is 5.70. The molecule has 5 nitrogen and oxygen atoms in total. The third-order valence-electron chi connectivity index (χ3n) is 7.78. The first-order valence-corrected chi connectivity index (χ1v) is 9.66. The number of amides is 1. The number of aliphatic hydroxyl groups excluding tert-OH is 2. The smallest absolute Gasteiger partial charge is 0.412 e. The molecule has 2 bridgehead atoms. The zero-order chi connectivity index (χ0) is 18.7. The number of hydrogen-bond donors (Lipinski definition) is 2. The first kappa shape index (κ1) is 17.8. The number of carbonyl (C=O) groups is 1. The van der Waals surface area contributed by atoms with Gasteiger partial charge >= 0.3 is 6.09 Å². The van der Waals surface area contributed by atoms with Crippen LogP contribution in [0.2, 0.25) is 0 Å². The van der Waals surface area contributed by atoms with Crippen LogP contribution in [0.3, 0.4) is 0 Å². The summed E-state index contributed by atoms with van der Waals surface area (Å²) in [5.74, 6) is 0.0355. The Kier molecular flexibility index (Phi) is 4.08. The van der Waals surface area contributed by atoms with E-state index < -0.39 is 24.3 Å². The van der Waals surface area contributed by atoms with Gasteiger partial charge in [0.1, 0.15) is 12.8 Å². The Labute approximate surface area is 155 Å². The van der Waals surface area contributed by atoms with Crippen molar-refractivity contribution in [3.05, 3.63) is 35.9 Å². The van der Waals surface area contributed by atoms with Crippen LogP contribution in [0.15, 0.2) is 30.3 Å². The van der Waals surface area contributed by atoms with Crippen molar-refractivity contribution in [1.82, 2.24) is 4.90 Å². The summed E-state index contributed by atoms with van der Waals surface area (Å²) in [5, 5.41) is 21.8. The van der Waals surface area contributed by atoms with E-state index in [0.29, 0.717) is 12.5 Å². The molecule has 3 fully saturated rings. The van der Waals surface area contributed by atoms with Gasteiger partial charge in [0.2, 0.25) is 0 Å². The zero-order valence-corrected chi connectivity index (χ0v) is 15.8. The van der Waals surface area contributed by atoms with Gasteiger partial charge in [-0.2, -0.15) is 0 Å². The molecule has 0 aromatic heterocycles. The SMILES string of the molecule is C[C@H](C(O)N1C(=O)OC[C@]23CC[C@H](C[C@@H]12)C3(C)C)[C@@H](O)c1ccccc1. The molecule has 2 aliphatic carbocycles. The molecule has 1 aromatic rings. The number of aliphatic hydroxyl groups is 2. The summed E-state index contributed by atoms with van der Waals surface area (Å²) < 4.78 is 5.56. The fraction of sp³-hybridized carbons (Fsp3) is 0.667. The summed E-state index contributed by atoms with van der Waals surface area (Å²) in [6.07, 6.45) is 0.726. The van der Waals surface area contributed by atoms with Crippen LogP contribution in [0, 0.1) is 22.7 Å². The van der Waals surface area contributed by atoms with Gasteiger partial charge < -0.3 is 14.9 Å². The van der Waals surface area contributed by atoms with Crippen LogP contribution in [-0.4, -0.2) is 40.1 Å². The third-order valence-corrected chi connectivity index (χ3v) is 7.78. The Hall–Kier alpha value is -1.59. The van der Waals surface area contributed by atoms with Crippen LogP contribution in [0.25, 0.3) is 0 Å². The number of fused-ring (bicyclic) bond motifs is 1. The van der Waals surface area contributed by atoms with Crippen LogP contribution in [0.4, 0.5) is 4.79 Å². The summed E-state index contributed by atoms with van der Waals surface area (Å²) in [6.45, 7) is 6.78. The summed E-state index contributed by atoms with van der Waals surface area (Å²) in [7, 11) is 0. The third kappa shape index (κ3) is 2.26. The maximum atomic E-state index is 12.6. The van der Waals surface area contributed by atoms with Gasteiger partial charge in [-0.25, -0.2) is 4.79 Å². The van der Waals surface area contributed by atoms with Crippen molar-refractivity contribution in [2.45, 2.75) is 58.4 Å². The largest absolute Gasteiger partial charge is 0.449 e. The maximum Gasteiger partial charge on any atom is 0.412 e. The van der Waals surface area contributed by atoms with Crippen LogP contribution in [-0.2, 0) is 4.74 Å². The standard InChI is InChI=1S/C21H29NO4/c1-13(17(23)14-7-5-4-6-8-14)18(24)22-16-11-15-9-10-21(16,20(15,2)3)12-26-19(22)25/h4-8,13,15-18,23-24H,9-12H2,1-3H3/t13-,15+,16+,17+,18?,21+/m0/s1. The second-order valence-electron chi connectivity index (χ2n) is 8.96. The molecule has 6 atom stereocenters. The number of carbonyl (C=O) groups excluding carboxylic acids is 1. The molecule has 142 valence electrons. The van der Waals surface area contributed by atoms with E-state index in [4.69, 9.17) is 4.74 Å². The number of hydrogen-bond acceptors (Lipinski definition) is 4. The molecule has 2 N–H and O–H groups in total. The summed E-state index contributed by atoms with van der Waals surface area (Å²) in [4.78, 5) is 14.1. The van der Waals surface area contributed by atoms with Crippen molar-refractivity contribution in [3.8, 4) is 0 Å². The molecule has 1 amide bonds. The number of rotatable bonds is 4. The number of nitrogens with zero attached hydrogens (tertiary/aromatic N) is 1. The number of benzene rings is 1. The molecule has 1 heterocycles. The van der Waals surface area contributed by atoms with Crippen LogP contribution < -0.4 is 0 Å². The van der Waals surface area contributed by atoms with Gasteiger partial charge in [0.15, 0.2) is 0 Å². The fourth-order valence-corrected chi connectivity index (χ4v) is 5.81. The quantitative estimate of drug-likeness (QED) is 0.865. The van der Waals surface area contributed by atoms with Crippen molar-refractivity contribution in [2.24, 2.45) is 22.7 Å². The van der Waals surface area contributed by atoms with E-state index in [1.165, 1.54) is 4.90 Å². The zero-order valence-electron chi connectivity index (χ0n) is 15.8. The molecule has 0 radical (unpaired) electrons. The van der Waals surface area contributed by atoms with Crippen LogP contribution in [0.1, 0.15) is 51.7 Å². The van der Waals surface area contributed by atoms with Gasteiger partial charge in [-0.15, -0.1) is 0 Å². The van der Waals surface area contributed by atoms with Gasteiger partial charge in [0.25, 0.3) is 0 Å². The maximum absolute atomic E-state index is 12.6. The van der Waals surface area contributed by atoms with Gasteiger partial charge in [0, 0.05) is 17.4 Å². The van der Waals surface area contributed by atoms with E-state index in [0.717, 1.165) is 24.8 Å². The molecule has 1 saturated heterocycles. The van der Waals surface area contributed by atoms with E-state index in [2.05, 4.69) is 13.8 Å². The minimum atomic E-state index is -1.07. The minimum Gasteiger partial charge on any atom is -0.449 e. The predicted molar refractivity (Wildman–Crippen MR) is 97.1 cm³/mol. The monoisotopic (exact) mass is 359 g/mol. The topological polar surface area (TPSA) is 70.0 Å². The Balaban J connectivity index is 1.61. The van der Waals surface area contributed by atoms with Gasteiger partial charge in [-0.1, -0.05) is 51.1 Å². The van der Waals surface area contributed by atoms with Gasteiger partial charge in [-0.3, -0.25) is 4.90 Å². The van der Waals surface area contributed by atoms with Crippen LogP contribution >= 0.6 is 0 Å². The summed E-state index contributed by atoms with van der Waals surface area (Å²) >= 11 is 0. The number of cyclic esters (lactones) is 1. The molecule has 1 unspecified atom stereocenters. The average molecular weight is 359 g/mol. The van der Waals surface area contributed by atoms with E-state index in [-0.39, 0.29) is 16.9 Å². The van der Waals surface area contributed by atoms with Crippen molar-refractivity contribution in [1.29, 1.82) is 0 Å². The van der Waals surface area contributed by atoms with Crippen LogP contribution in [0.5, 0.6) is 0 Å². The molecule has 4 rings (SSSR count). The Morgan fingerprint density at radius 2 is 1.92 bits per heavy atom. The molecule has 5 heteroatoms.